The zero-order valence-corrected chi connectivity index (χ0v) is 12.7. The molecule has 114 valence electrons. The number of fused-ring (bicyclic) bond motifs is 2. The van der Waals surface area contributed by atoms with Crippen molar-refractivity contribution in [2.75, 3.05) is 0 Å². The van der Waals surface area contributed by atoms with Crippen LogP contribution in [0.15, 0.2) is 41.5 Å². The Bertz CT molecular complexity index is 1120. The predicted molar refractivity (Wildman–Crippen MR) is 88.5 cm³/mol. The van der Waals surface area contributed by atoms with Crippen LogP contribution in [-0.2, 0) is 7.05 Å². The summed E-state index contributed by atoms with van der Waals surface area (Å²) in [6, 6.07) is 7.08. The van der Waals surface area contributed by atoms with Gasteiger partial charge in [-0.25, -0.2) is 4.98 Å². The van der Waals surface area contributed by atoms with E-state index < -0.39 is 0 Å². The van der Waals surface area contributed by atoms with Crippen LogP contribution in [-0.4, -0.2) is 24.9 Å². The molecule has 0 aliphatic carbocycles. The van der Waals surface area contributed by atoms with E-state index in [-0.39, 0.29) is 11.3 Å². The zero-order valence-electron chi connectivity index (χ0n) is 12.7. The third-order valence-electron chi connectivity index (χ3n) is 4.02. The quantitative estimate of drug-likeness (QED) is 0.566. The summed E-state index contributed by atoms with van der Waals surface area (Å²) in [4.78, 5) is 18.9. The van der Waals surface area contributed by atoms with Crippen LogP contribution >= 0.6 is 0 Å². The fraction of sp³-hybridized carbons (Fsp3) is 0.118. The Kier molecular flexibility index (Phi) is 2.74. The van der Waals surface area contributed by atoms with Crippen LogP contribution in [0.1, 0.15) is 5.56 Å². The molecule has 0 unspecified atom stereocenters. The van der Waals surface area contributed by atoms with Gasteiger partial charge in [0.15, 0.2) is 0 Å². The van der Waals surface area contributed by atoms with E-state index >= 15 is 0 Å². The number of aryl methyl sites for hydroxylation is 2. The third-order valence-corrected chi connectivity index (χ3v) is 4.02. The summed E-state index contributed by atoms with van der Waals surface area (Å²) in [7, 11) is 1.84. The van der Waals surface area contributed by atoms with E-state index in [9.17, 15) is 9.90 Å². The van der Waals surface area contributed by atoms with Gasteiger partial charge in [0.05, 0.1) is 22.1 Å². The minimum atomic E-state index is -0.176. The van der Waals surface area contributed by atoms with Gasteiger partial charge in [-0.3, -0.25) is 9.48 Å². The molecule has 23 heavy (non-hydrogen) atoms. The number of hydrogen-bond acceptors (Lipinski definition) is 4. The first-order chi connectivity index (χ1) is 11.0. The molecule has 0 bridgehead atoms. The van der Waals surface area contributed by atoms with Crippen LogP contribution in [0.2, 0.25) is 0 Å². The van der Waals surface area contributed by atoms with Crippen molar-refractivity contribution in [2.24, 2.45) is 7.05 Å². The molecule has 0 spiro atoms. The van der Waals surface area contributed by atoms with Gasteiger partial charge in [-0.15, -0.1) is 0 Å². The lowest BCUT2D eigenvalue weighted by Crippen LogP contribution is -2.05. The van der Waals surface area contributed by atoms with Gasteiger partial charge in [0.2, 0.25) is 0 Å². The van der Waals surface area contributed by atoms with Crippen molar-refractivity contribution in [1.82, 2.24) is 19.7 Å². The number of hydrogen-bond donors (Lipinski definition) is 2. The summed E-state index contributed by atoms with van der Waals surface area (Å²) in [5.41, 5.74) is 3.15. The van der Waals surface area contributed by atoms with E-state index in [4.69, 9.17) is 0 Å². The van der Waals surface area contributed by atoms with Gasteiger partial charge in [-0.1, -0.05) is 0 Å². The number of pyridine rings is 2. The maximum Gasteiger partial charge on any atom is 0.257 e. The van der Waals surface area contributed by atoms with Crippen molar-refractivity contribution in [2.45, 2.75) is 6.92 Å². The maximum atomic E-state index is 11.8. The van der Waals surface area contributed by atoms with E-state index in [0.717, 1.165) is 10.9 Å². The van der Waals surface area contributed by atoms with Gasteiger partial charge in [0, 0.05) is 36.0 Å². The predicted octanol–water partition coefficient (Wildman–Crippen LogP) is 2.49. The lowest BCUT2D eigenvalue weighted by Gasteiger charge is -2.08. The van der Waals surface area contributed by atoms with Crippen LogP contribution in [0.4, 0.5) is 0 Å². The standard InChI is InChI=1S/C17H14N4O2/c1-9-15-10(8-21(2)20-15)7-12(16(9)22)13-4-3-11-14(19-13)5-6-18-17(11)23/h3-8,22H,1-2H3,(H,18,23). The number of aromatic amines is 1. The van der Waals surface area contributed by atoms with Crippen LogP contribution < -0.4 is 5.56 Å². The smallest absolute Gasteiger partial charge is 0.257 e. The number of H-pyrrole nitrogens is 1. The Balaban J connectivity index is 2.02. The Morgan fingerprint density at radius 3 is 2.91 bits per heavy atom. The average Bonchev–Trinajstić information content (AvgIpc) is 2.91. The molecule has 3 heterocycles. The number of phenolic OH excluding ortho intramolecular Hbond substituents is 1. The number of phenols is 1. The Morgan fingerprint density at radius 2 is 2.09 bits per heavy atom. The molecular formula is C17H14N4O2. The second kappa shape index (κ2) is 4.67. The molecule has 6 nitrogen and oxygen atoms in total. The minimum absolute atomic E-state index is 0.160. The molecular weight excluding hydrogens is 292 g/mol. The van der Waals surface area contributed by atoms with Crippen LogP contribution in [0.25, 0.3) is 33.1 Å². The molecule has 2 N–H and O–H groups in total. The van der Waals surface area contributed by atoms with Gasteiger partial charge >= 0.3 is 0 Å². The average molecular weight is 306 g/mol. The summed E-state index contributed by atoms with van der Waals surface area (Å²) in [5, 5.41) is 16.3. The molecule has 0 saturated carbocycles. The summed E-state index contributed by atoms with van der Waals surface area (Å²) in [6.45, 7) is 1.83. The highest BCUT2D eigenvalue weighted by Crippen LogP contribution is 2.36. The van der Waals surface area contributed by atoms with Gasteiger partial charge in [0.25, 0.3) is 5.56 Å². The Hall–Kier alpha value is -3.15. The van der Waals surface area contributed by atoms with Gasteiger partial charge in [-0.2, -0.15) is 5.10 Å². The highest BCUT2D eigenvalue weighted by atomic mass is 16.3. The first-order valence-corrected chi connectivity index (χ1v) is 7.19. The fourth-order valence-corrected chi connectivity index (χ4v) is 2.86. The highest BCUT2D eigenvalue weighted by Gasteiger charge is 2.15. The molecule has 0 aliphatic heterocycles. The second-order valence-electron chi connectivity index (χ2n) is 5.57. The molecule has 0 radical (unpaired) electrons. The number of nitrogens with zero attached hydrogens (tertiary/aromatic N) is 3. The monoisotopic (exact) mass is 306 g/mol. The van der Waals surface area contributed by atoms with E-state index in [1.807, 2.05) is 26.2 Å². The molecule has 6 heteroatoms. The van der Waals surface area contributed by atoms with Gasteiger partial charge < -0.3 is 10.1 Å². The molecule has 3 aromatic heterocycles. The van der Waals surface area contributed by atoms with Crippen molar-refractivity contribution in [3.8, 4) is 17.0 Å². The van der Waals surface area contributed by atoms with Crippen molar-refractivity contribution >= 4 is 21.8 Å². The highest BCUT2D eigenvalue weighted by molar-refractivity contribution is 5.91. The van der Waals surface area contributed by atoms with Crippen molar-refractivity contribution in [3.63, 3.8) is 0 Å². The van der Waals surface area contributed by atoms with E-state index in [0.29, 0.717) is 27.7 Å². The molecule has 1 aromatic carbocycles. The molecule has 0 atom stereocenters. The van der Waals surface area contributed by atoms with Crippen molar-refractivity contribution in [3.05, 3.63) is 52.6 Å². The van der Waals surface area contributed by atoms with Crippen LogP contribution in [0.5, 0.6) is 5.75 Å². The normalized spacial score (nSPS) is 11.4. The van der Waals surface area contributed by atoms with Crippen LogP contribution in [0.3, 0.4) is 0 Å². The molecule has 4 aromatic rings. The number of nitrogens with one attached hydrogen (secondary N) is 1. The molecule has 0 saturated heterocycles. The van der Waals surface area contributed by atoms with Gasteiger partial charge in [-0.05, 0) is 31.2 Å². The lowest BCUT2D eigenvalue weighted by atomic mass is 10.0. The number of aromatic nitrogens is 4. The van der Waals surface area contributed by atoms with E-state index in [1.165, 1.54) is 0 Å². The largest absolute Gasteiger partial charge is 0.507 e. The molecule has 0 aliphatic rings. The molecule has 4 rings (SSSR count). The topological polar surface area (TPSA) is 83.8 Å². The summed E-state index contributed by atoms with van der Waals surface area (Å²) in [5.74, 6) is 0.160. The van der Waals surface area contributed by atoms with Crippen LogP contribution in [0, 0.1) is 6.92 Å². The first-order valence-electron chi connectivity index (χ1n) is 7.19. The SMILES string of the molecule is Cc1c(O)c(-c2ccc3c(=O)[nH]ccc3n2)cc2cn(C)nc12. The Labute approximate surface area is 131 Å². The second-order valence-corrected chi connectivity index (χ2v) is 5.57. The number of rotatable bonds is 1. The third kappa shape index (κ3) is 1.99. The molecule has 0 fully saturated rings. The Morgan fingerprint density at radius 1 is 1.26 bits per heavy atom. The van der Waals surface area contributed by atoms with E-state index in [2.05, 4.69) is 15.1 Å². The van der Waals surface area contributed by atoms with Crippen molar-refractivity contribution < 1.29 is 5.11 Å². The molecule has 0 amide bonds. The fourth-order valence-electron chi connectivity index (χ4n) is 2.86. The maximum absolute atomic E-state index is 11.8. The lowest BCUT2D eigenvalue weighted by molar-refractivity contribution is 0.474. The summed E-state index contributed by atoms with van der Waals surface area (Å²) >= 11 is 0. The number of aromatic hydroxyl groups is 1. The van der Waals surface area contributed by atoms with Crippen molar-refractivity contribution in [1.29, 1.82) is 0 Å². The van der Waals surface area contributed by atoms with Gasteiger partial charge in [0.1, 0.15) is 5.75 Å². The summed E-state index contributed by atoms with van der Waals surface area (Å²) < 4.78 is 1.72. The summed E-state index contributed by atoms with van der Waals surface area (Å²) in [6.07, 6.45) is 3.47. The minimum Gasteiger partial charge on any atom is -0.507 e. The first kappa shape index (κ1) is 13.5. The number of benzene rings is 1. The zero-order chi connectivity index (χ0) is 16.1. The van der Waals surface area contributed by atoms with E-state index in [1.54, 1.807) is 29.1 Å².